The molecule has 0 saturated heterocycles. The summed E-state index contributed by atoms with van der Waals surface area (Å²) in [4.78, 5) is 4.06. The molecule has 0 saturated carbocycles. The van der Waals surface area contributed by atoms with Crippen LogP contribution in [0.3, 0.4) is 0 Å². The van der Waals surface area contributed by atoms with Crippen molar-refractivity contribution in [3.63, 3.8) is 0 Å². The Kier molecular flexibility index (Phi) is 6.36. The molecule has 1 N–H and O–H groups in total. The molecule has 0 spiro atoms. The number of nitrogens with zero attached hydrogens (tertiary/aromatic N) is 4. The predicted octanol–water partition coefficient (Wildman–Crippen LogP) is 4.00. The summed E-state index contributed by atoms with van der Waals surface area (Å²) in [6.07, 6.45) is 2.69. The number of aliphatic hydroxyl groups is 1. The maximum absolute atomic E-state index is 13.0. The molecule has 0 radical (unpaired) electrons. The molecule has 0 amide bonds. The number of hydrogen-bond donors (Lipinski definition) is 1. The molecule has 152 valence electrons. The van der Waals surface area contributed by atoms with Crippen LogP contribution < -0.4 is 4.74 Å². The molecule has 0 bridgehead atoms. The molecule has 6 nitrogen and oxygen atoms in total. The van der Waals surface area contributed by atoms with Crippen LogP contribution in [0.4, 0.5) is 4.39 Å². The third-order valence-electron chi connectivity index (χ3n) is 4.25. The molecule has 0 aliphatic rings. The van der Waals surface area contributed by atoms with Gasteiger partial charge in [0, 0.05) is 29.4 Å². The standard InChI is InChI=1S/C22H19FN4O2S/c23-17-6-8-20(9-7-17)29-14-19(28)15-30-22-26-25-21(16-10-12-24-13-11-16)27(22)18-4-2-1-3-5-18/h1-13,19,28H,14-15H2. The minimum atomic E-state index is -0.731. The van der Waals surface area contributed by atoms with Crippen LogP contribution in [-0.4, -0.2) is 43.3 Å². The van der Waals surface area contributed by atoms with Crippen LogP contribution in [0, 0.1) is 5.82 Å². The number of pyridine rings is 1. The van der Waals surface area contributed by atoms with Gasteiger partial charge in [0.2, 0.25) is 0 Å². The Morgan fingerprint density at radius 2 is 1.70 bits per heavy atom. The zero-order chi connectivity index (χ0) is 20.8. The smallest absolute Gasteiger partial charge is 0.196 e. The van der Waals surface area contributed by atoms with Gasteiger partial charge in [-0.1, -0.05) is 30.0 Å². The average Bonchev–Trinajstić information content (AvgIpc) is 3.22. The van der Waals surface area contributed by atoms with Crippen molar-refractivity contribution in [2.75, 3.05) is 12.4 Å². The molecular formula is C22H19FN4O2S. The van der Waals surface area contributed by atoms with Gasteiger partial charge >= 0.3 is 0 Å². The van der Waals surface area contributed by atoms with Gasteiger partial charge in [-0.05, 0) is 48.5 Å². The third-order valence-corrected chi connectivity index (χ3v) is 5.32. The summed E-state index contributed by atoms with van der Waals surface area (Å²) in [5.41, 5.74) is 1.82. The van der Waals surface area contributed by atoms with Gasteiger partial charge < -0.3 is 9.84 Å². The van der Waals surface area contributed by atoms with Crippen LogP contribution in [0.25, 0.3) is 17.1 Å². The summed E-state index contributed by atoms with van der Waals surface area (Å²) in [5.74, 6) is 1.24. The lowest BCUT2D eigenvalue weighted by atomic mass is 10.2. The lowest BCUT2D eigenvalue weighted by Gasteiger charge is -2.13. The van der Waals surface area contributed by atoms with Crippen LogP contribution in [-0.2, 0) is 0 Å². The molecule has 0 aliphatic carbocycles. The van der Waals surface area contributed by atoms with Gasteiger partial charge in [0.15, 0.2) is 11.0 Å². The van der Waals surface area contributed by atoms with Crippen molar-refractivity contribution in [3.8, 4) is 22.8 Å². The molecule has 4 aromatic rings. The average molecular weight is 422 g/mol. The highest BCUT2D eigenvalue weighted by Gasteiger charge is 2.17. The van der Waals surface area contributed by atoms with Crippen molar-refractivity contribution in [1.82, 2.24) is 19.7 Å². The van der Waals surface area contributed by atoms with Gasteiger partial charge in [-0.3, -0.25) is 9.55 Å². The Bertz CT molecular complexity index is 1080. The van der Waals surface area contributed by atoms with Gasteiger partial charge in [-0.25, -0.2) is 4.39 Å². The fourth-order valence-electron chi connectivity index (χ4n) is 2.80. The number of ether oxygens (including phenoxy) is 1. The molecule has 1 unspecified atom stereocenters. The molecule has 2 heterocycles. The van der Waals surface area contributed by atoms with Crippen LogP contribution in [0.2, 0.25) is 0 Å². The summed E-state index contributed by atoms with van der Waals surface area (Å²) in [5, 5.41) is 19.7. The number of aliphatic hydroxyl groups excluding tert-OH is 1. The molecule has 0 fully saturated rings. The monoisotopic (exact) mass is 422 g/mol. The lowest BCUT2D eigenvalue weighted by molar-refractivity contribution is 0.126. The maximum atomic E-state index is 13.0. The number of halogens is 1. The first-order chi connectivity index (χ1) is 14.7. The van der Waals surface area contributed by atoms with Gasteiger partial charge in [0.1, 0.15) is 18.2 Å². The van der Waals surface area contributed by atoms with Gasteiger partial charge in [-0.15, -0.1) is 10.2 Å². The van der Waals surface area contributed by atoms with E-state index in [9.17, 15) is 9.50 Å². The van der Waals surface area contributed by atoms with E-state index in [1.807, 2.05) is 47.0 Å². The molecule has 0 aliphatic heterocycles. The Balaban J connectivity index is 1.48. The highest BCUT2D eigenvalue weighted by Crippen LogP contribution is 2.28. The number of para-hydroxylation sites is 1. The van der Waals surface area contributed by atoms with Crippen molar-refractivity contribution < 1.29 is 14.2 Å². The molecule has 2 aromatic carbocycles. The van der Waals surface area contributed by atoms with Crippen LogP contribution in [0.1, 0.15) is 0 Å². The zero-order valence-electron chi connectivity index (χ0n) is 15.9. The Labute approximate surface area is 177 Å². The first kappa shape index (κ1) is 20.1. The summed E-state index contributed by atoms with van der Waals surface area (Å²) in [6, 6.07) is 19.3. The highest BCUT2D eigenvalue weighted by atomic mass is 32.2. The SMILES string of the molecule is OC(COc1ccc(F)cc1)CSc1nnc(-c2ccncc2)n1-c1ccccc1. The van der Waals surface area contributed by atoms with Gasteiger partial charge in [0.25, 0.3) is 0 Å². The quantitative estimate of drug-likeness (QED) is 0.433. The van der Waals surface area contributed by atoms with Crippen molar-refractivity contribution in [2.45, 2.75) is 11.3 Å². The van der Waals surface area contributed by atoms with Crippen LogP contribution in [0.5, 0.6) is 5.75 Å². The van der Waals surface area contributed by atoms with Crippen molar-refractivity contribution in [3.05, 3.63) is 84.9 Å². The molecule has 30 heavy (non-hydrogen) atoms. The predicted molar refractivity (Wildman–Crippen MR) is 113 cm³/mol. The van der Waals surface area contributed by atoms with Crippen molar-refractivity contribution in [1.29, 1.82) is 0 Å². The van der Waals surface area contributed by atoms with Crippen molar-refractivity contribution >= 4 is 11.8 Å². The van der Waals surface area contributed by atoms with E-state index in [-0.39, 0.29) is 12.4 Å². The van der Waals surface area contributed by atoms with Crippen molar-refractivity contribution in [2.24, 2.45) is 0 Å². The minimum Gasteiger partial charge on any atom is -0.491 e. The number of thioether (sulfide) groups is 1. The van der Waals surface area contributed by atoms with Gasteiger partial charge in [-0.2, -0.15) is 0 Å². The first-order valence-corrected chi connectivity index (χ1v) is 10.3. The Hall–Kier alpha value is -3.23. The van der Waals surface area contributed by atoms with E-state index >= 15 is 0 Å². The molecule has 8 heteroatoms. The maximum Gasteiger partial charge on any atom is 0.196 e. The van der Waals surface area contributed by atoms with E-state index in [0.717, 1.165) is 11.3 Å². The molecular weight excluding hydrogens is 403 g/mol. The summed E-state index contributed by atoms with van der Waals surface area (Å²) < 4.78 is 20.4. The topological polar surface area (TPSA) is 73.1 Å². The van der Waals surface area contributed by atoms with E-state index in [4.69, 9.17) is 4.74 Å². The van der Waals surface area contributed by atoms with E-state index in [1.54, 1.807) is 12.4 Å². The normalized spacial score (nSPS) is 11.9. The lowest BCUT2D eigenvalue weighted by Crippen LogP contribution is -2.20. The van der Waals surface area contributed by atoms with E-state index in [0.29, 0.717) is 22.5 Å². The number of aromatic nitrogens is 4. The second-order valence-electron chi connectivity index (χ2n) is 6.44. The number of hydrogen-bond acceptors (Lipinski definition) is 6. The van der Waals surface area contributed by atoms with E-state index < -0.39 is 6.10 Å². The summed E-state index contributed by atoms with van der Waals surface area (Å²) >= 11 is 1.39. The van der Waals surface area contributed by atoms with E-state index in [1.165, 1.54) is 36.0 Å². The largest absolute Gasteiger partial charge is 0.491 e. The highest BCUT2D eigenvalue weighted by molar-refractivity contribution is 7.99. The Morgan fingerprint density at radius 1 is 0.967 bits per heavy atom. The molecule has 1 atom stereocenters. The zero-order valence-corrected chi connectivity index (χ0v) is 16.7. The fourth-order valence-corrected chi connectivity index (χ4v) is 3.66. The summed E-state index contributed by atoms with van der Waals surface area (Å²) in [7, 11) is 0. The van der Waals surface area contributed by atoms with Crippen LogP contribution in [0.15, 0.2) is 84.3 Å². The fraction of sp³-hybridized carbons (Fsp3) is 0.136. The first-order valence-electron chi connectivity index (χ1n) is 9.31. The number of benzene rings is 2. The second-order valence-corrected chi connectivity index (χ2v) is 7.43. The third kappa shape index (κ3) is 4.84. The Morgan fingerprint density at radius 3 is 2.43 bits per heavy atom. The van der Waals surface area contributed by atoms with Gasteiger partial charge in [0.05, 0.1) is 6.10 Å². The number of rotatable bonds is 8. The molecule has 4 rings (SSSR count). The minimum absolute atomic E-state index is 0.0926. The van der Waals surface area contributed by atoms with E-state index in [2.05, 4.69) is 15.2 Å². The van der Waals surface area contributed by atoms with Crippen LogP contribution >= 0.6 is 11.8 Å². The summed E-state index contributed by atoms with van der Waals surface area (Å²) in [6.45, 7) is 0.0926. The second kappa shape index (κ2) is 9.51. The molecule has 2 aromatic heterocycles.